The van der Waals surface area contributed by atoms with Gasteiger partial charge in [0, 0.05) is 40.8 Å². The summed E-state index contributed by atoms with van der Waals surface area (Å²) < 4.78 is 4.61. The number of aromatic amines is 1. The second kappa shape index (κ2) is 6.12. The van der Waals surface area contributed by atoms with Gasteiger partial charge in [-0.15, -0.1) is 0 Å². The minimum absolute atomic E-state index is 0.0609. The van der Waals surface area contributed by atoms with Crippen molar-refractivity contribution in [2.75, 3.05) is 7.11 Å². The Kier molecular flexibility index (Phi) is 4.01. The maximum absolute atomic E-state index is 11.2. The number of nitrogens with zero attached hydrogens (tertiary/aromatic N) is 1. The van der Waals surface area contributed by atoms with E-state index in [2.05, 4.69) is 21.1 Å². The number of allylic oxidation sites excluding steroid dienone is 1. The Morgan fingerprint density at radius 2 is 2.30 bits per heavy atom. The number of alkyl carbamates (subject to hydrolysis) is 1. The lowest BCUT2D eigenvalue weighted by Crippen LogP contribution is -2.35. The molecule has 120 valence electrons. The standard InChI is InChI=1S/C16H17N3O4/c1-23-16(20)18-11-4-2-10(3-5-11)14-9-17-15-7-6-12(19(21)22)8-13(14)15/h2,6-9,11,17H,3-5H2,1H3,(H,18,20). The molecule has 2 N–H and O–H groups in total. The van der Waals surface area contributed by atoms with E-state index in [9.17, 15) is 14.9 Å². The molecule has 0 radical (unpaired) electrons. The molecule has 1 aliphatic rings. The van der Waals surface area contributed by atoms with Gasteiger partial charge >= 0.3 is 6.09 Å². The Morgan fingerprint density at radius 3 is 2.96 bits per heavy atom. The maximum atomic E-state index is 11.2. The number of nitro groups is 1. The summed E-state index contributed by atoms with van der Waals surface area (Å²) in [6.07, 6.45) is 5.85. The Bertz CT molecular complexity index is 794. The quantitative estimate of drug-likeness (QED) is 0.670. The first-order chi connectivity index (χ1) is 11.1. The van der Waals surface area contributed by atoms with Gasteiger partial charge in [-0.05, 0) is 30.9 Å². The third-order valence-electron chi connectivity index (χ3n) is 4.14. The van der Waals surface area contributed by atoms with Crippen molar-refractivity contribution in [3.63, 3.8) is 0 Å². The maximum Gasteiger partial charge on any atom is 0.407 e. The molecule has 7 heteroatoms. The molecule has 0 saturated carbocycles. The van der Waals surface area contributed by atoms with E-state index in [1.807, 2.05) is 6.20 Å². The predicted molar refractivity (Wildman–Crippen MR) is 86.1 cm³/mol. The Balaban J connectivity index is 1.85. The van der Waals surface area contributed by atoms with Gasteiger partial charge in [-0.1, -0.05) is 6.08 Å². The summed E-state index contributed by atoms with van der Waals surface area (Å²) in [5.74, 6) is 0. The smallest absolute Gasteiger partial charge is 0.407 e. The van der Waals surface area contributed by atoms with Crippen LogP contribution in [0.15, 0.2) is 30.5 Å². The number of H-pyrrole nitrogens is 1. The first-order valence-electron chi connectivity index (χ1n) is 7.38. The molecule has 23 heavy (non-hydrogen) atoms. The van der Waals surface area contributed by atoms with Gasteiger partial charge in [0.05, 0.1) is 12.0 Å². The number of hydrogen-bond acceptors (Lipinski definition) is 4. The minimum Gasteiger partial charge on any atom is -0.453 e. The van der Waals surface area contributed by atoms with E-state index >= 15 is 0 Å². The van der Waals surface area contributed by atoms with Crippen LogP contribution in [0.3, 0.4) is 0 Å². The molecule has 0 bridgehead atoms. The number of nitrogens with one attached hydrogen (secondary N) is 2. The molecule has 0 spiro atoms. The van der Waals surface area contributed by atoms with Crippen LogP contribution in [-0.2, 0) is 4.74 Å². The number of fused-ring (bicyclic) bond motifs is 1. The van der Waals surface area contributed by atoms with Crippen molar-refractivity contribution in [3.8, 4) is 0 Å². The van der Waals surface area contributed by atoms with Crippen molar-refractivity contribution in [3.05, 3.63) is 46.1 Å². The summed E-state index contributed by atoms with van der Waals surface area (Å²) in [4.78, 5) is 25.0. The number of nitro benzene ring substituents is 1. The van der Waals surface area contributed by atoms with Crippen LogP contribution in [0.5, 0.6) is 0 Å². The van der Waals surface area contributed by atoms with E-state index in [4.69, 9.17) is 0 Å². The molecule has 7 nitrogen and oxygen atoms in total. The number of carbonyl (C=O) groups excluding carboxylic acids is 1. The van der Waals surface area contributed by atoms with Crippen molar-refractivity contribution < 1.29 is 14.5 Å². The highest BCUT2D eigenvalue weighted by molar-refractivity contribution is 5.94. The number of aromatic nitrogens is 1. The lowest BCUT2D eigenvalue weighted by Gasteiger charge is -2.22. The average molecular weight is 315 g/mol. The zero-order chi connectivity index (χ0) is 16.4. The van der Waals surface area contributed by atoms with Crippen LogP contribution in [0.1, 0.15) is 24.8 Å². The molecule has 1 aliphatic carbocycles. The van der Waals surface area contributed by atoms with Gasteiger partial charge in [-0.2, -0.15) is 0 Å². The Hall–Kier alpha value is -2.83. The third kappa shape index (κ3) is 3.03. The summed E-state index contributed by atoms with van der Waals surface area (Å²) in [5, 5.41) is 14.6. The normalized spacial score (nSPS) is 17.6. The molecule has 1 amide bonds. The molecular formula is C16H17N3O4. The van der Waals surface area contributed by atoms with E-state index in [-0.39, 0.29) is 16.7 Å². The zero-order valence-corrected chi connectivity index (χ0v) is 12.7. The van der Waals surface area contributed by atoms with Gasteiger partial charge in [0.25, 0.3) is 5.69 Å². The summed E-state index contributed by atoms with van der Waals surface area (Å²) >= 11 is 0. The van der Waals surface area contributed by atoms with Gasteiger partial charge in [-0.25, -0.2) is 4.79 Å². The van der Waals surface area contributed by atoms with E-state index in [1.165, 1.54) is 13.2 Å². The van der Waals surface area contributed by atoms with Crippen LogP contribution in [0.4, 0.5) is 10.5 Å². The lowest BCUT2D eigenvalue weighted by atomic mass is 9.90. The predicted octanol–water partition coefficient (Wildman–Crippen LogP) is 3.37. The fourth-order valence-electron chi connectivity index (χ4n) is 2.92. The highest BCUT2D eigenvalue weighted by Gasteiger charge is 2.20. The number of rotatable bonds is 3. The Morgan fingerprint density at radius 1 is 1.48 bits per heavy atom. The van der Waals surface area contributed by atoms with E-state index in [1.54, 1.807) is 12.1 Å². The monoisotopic (exact) mass is 315 g/mol. The van der Waals surface area contributed by atoms with Gasteiger partial charge in [-0.3, -0.25) is 10.1 Å². The number of non-ortho nitro benzene ring substituents is 1. The number of methoxy groups -OCH3 is 1. The number of ether oxygens (including phenoxy) is 1. The van der Waals surface area contributed by atoms with Gasteiger partial charge in [0.1, 0.15) is 0 Å². The third-order valence-corrected chi connectivity index (χ3v) is 4.14. The Labute approximate surface area is 132 Å². The summed E-state index contributed by atoms with van der Waals surface area (Å²) in [6, 6.07) is 4.88. The van der Waals surface area contributed by atoms with Gasteiger partial charge < -0.3 is 15.0 Å². The first kappa shape index (κ1) is 15.1. The molecule has 1 aromatic carbocycles. The highest BCUT2D eigenvalue weighted by Crippen LogP contribution is 2.33. The summed E-state index contributed by atoms with van der Waals surface area (Å²) in [5.41, 5.74) is 3.08. The first-order valence-corrected chi connectivity index (χ1v) is 7.38. The minimum atomic E-state index is -0.422. The van der Waals surface area contributed by atoms with Crippen LogP contribution in [0.25, 0.3) is 16.5 Å². The molecule has 2 aromatic rings. The fraction of sp³-hybridized carbons (Fsp3) is 0.312. The molecule has 1 heterocycles. The molecule has 3 rings (SSSR count). The number of amides is 1. The van der Waals surface area contributed by atoms with E-state index < -0.39 is 6.09 Å². The molecule has 1 aromatic heterocycles. The van der Waals surface area contributed by atoms with Crippen LogP contribution in [-0.4, -0.2) is 29.2 Å². The van der Waals surface area contributed by atoms with Crippen LogP contribution in [0.2, 0.25) is 0 Å². The molecule has 0 saturated heterocycles. The number of benzene rings is 1. The van der Waals surface area contributed by atoms with Crippen LogP contribution >= 0.6 is 0 Å². The topological polar surface area (TPSA) is 97.3 Å². The van der Waals surface area contributed by atoms with Crippen LogP contribution in [0, 0.1) is 10.1 Å². The number of carbonyl (C=O) groups is 1. The van der Waals surface area contributed by atoms with E-state index in [0.717, 1.165) is 34.9 Å². The molecule has 0 aliphatic heterocycles. The van der Waals surface area contributed by atoms with Crippen molar-refractivity contribution in [1.82, 2.24) is 10.3 Å². The van der Waals surface area contributed by atoms with Crippen molar-refractivity contribution >= 4 is 28.3 Å². The summed E-state index contributed by atoms with van der Waals surface area (Å²) in [7, 11) is 1.35. The average Bonchev–Trinajstić information content (AvgIpc) is 2.98. The molecule has 1 atom stereocenters. The van der Waals surface area contributed by atoms with E-state index in [0.29, 0.717) is 6.42 Å². The molecule has 1 unspecified atom stereocenters. The second-order valence-corrected chi connectivity index (χ2v) is 5.53. The van der Waals surface area contributed by atoms with Crippen molar-refractivity contribution in [2.24, 2.45) is 0 Å². The van der Waals surface area contributed by atoms with Crippen molar-refractivity contribution in [1.29, 1.82) is 0 Å². The fourth-order valence-corrected chi connectivity index (χ4v) is 2.92. The molecular weight excluding hydrogens is 298 g/mol. The second-order valence-electron chi connectivity index (χ2n) is 5.53. The van der Waals surface area contributed by atoms with Crippen molar-refractivity contribution in [2.45, 2.75) is 25.3 Å². The highest BCUT2D eigenvalue weighted by atomic mass is 16.6. The van der Waals surface area contributed by atoms with Gasteiger partial charge in [0.2, 0.25) is 0 Å². The SMILES string of the molecule is COC(=O)NC1CC=C(c2c[nH]c3ccc([N+](=O)[O-])cc23)CC1. The summed E-state index contributed by atoms with van der Waals surface area (Å²) in [6.45, 7) is 0. The van der Waals surface area contributed by atoms with Gasteiger partial charge in [0.15, 0.2) is 0 Å². The number of hydrogen-bond donors (Lipinski definition) is 2. The lowest BCUT2D eigenvalue weighted by molar-refractivity contribution is -0.384. The molecule has 0 fully saturated rings. The largest absolute Gasteiger partial charge is 0.453 e. The van der Waals surface area contributed by atoms with Crippen LogP contribution < -0.4 is 5.32 Å². The zero-order valence-electron chi connectivity index (χ0n) is 12.7.